The molecule has 0 fully saturated rings. The second kappa shape index (κ2) is 5.49. The van der Waals surface area contributed by atoms with Crippen LogP contribution in [0.25, 0.3) is 0 Å². The van der Waals surface area contributed by atoms with Crippen LogP contribution in [0, 0.1) is 10.1 Å². The lowest BCUT2D eigenvalue weighted by atomic mass is 10.3. The molecule has 1 aromatic carbocycles. The molecule has 1 rings (SSSR count). The van der Waals surface area contributed by atoms with Crippen LogP contribution < -0.4 is 4.72 Å². The smallest absolute Gasteiger partial charge is 0.271 e. The molecule has 0 aliphatic carbocycles. The SMILES string of the molecule is CC=S(=O)(NC(=O)C(F)(F)F)c1ccc([N+](=O)[O-])cc1. The molecule has 0 bridgehead atoms. The van der Waals surface area contributed by atoms with Crippen LogP contribution in [0.5, 0.6) is 0 Å². The van der Waals surface area contributed by atoms with E-state index in [4.69, 9.17) is 0 Å². The van der Waals surface area contributed by atoms with Gasteiger partial charge in [0, 0.05) is 12.1 Å². The maximum absolute atomic E-state index is 12.2. The summed E-state index contributed by atoms with van der Waals surface area (Å²) in [5.74, 6) is -2.35. The van der Waals surface area contributed by atoms with E-state index in [0.717, 1.165) is 29.6 Å². The highest BCUT2D eigenvalue weighted by Gasteiger charge is 2.40. The van der Waals surface area contributed by atoms with Crippen LogP contribution in [0.2, 0.25) is 0 Å². The standard InChI is InChI=1S/C10H9F3N2O4S/c1-2-20(19,14-9(16)10(11,12)13)8-5-3-7(4-6-8)15(17)18/h2-6H,1H3,(H,14,16,19). The number of benzene rings is 1. The Morgan fingerprint density at radius 2 is 1.85 bits per heavy atom. The fraction of sp³-hybridized carbons (Fsp3) is 0.200. The molecular weight excluding hydrogens is 301 g/mol. The minimum absolute atomic E-state index is 0.164. The fourth-order valence-corrected chi connectivity index (χ4v) is 2.66. The van der Waals surface area contributed by atoms with Gasteiger partial charge < -0.3 is 0 Å². The first-order chi connectivity index (χ1) is 9.10. The molecule has 0 spiro atoms. The summed E-state index contributed by atoms with van der Waals surface area (Å²) in [6.45, 7) is 1.21. The number of amides is 1. The number of hydrogen-bond donors (Lipinski definition) is 1. The molecule has 1 N–H and O–H groups in total. The number of alkyl halides is 3. The molecule has 0 heterocycles. The lowest BCUT2D eigenvalue weighted by molar-refractivity contribution is -0.384. The minimum Gasteiger partial charge on any atom is -0.271 e. The van der Waals surface area contributed by atoms with Crippen molar-refractivity contribution in [2.45, 2.75) is 18.0 Å². The summed E-state index contributed by atoms with van der Waals surface area (Å²) in [5.41, 5.74) is -0.311. The maximum Gasteiger partial charge on any atom is 0.472 e. The molecule has 1 unspecified atom stereocenters. The largest absolute Gasteiger partial charge is 0.472 e. The highest BCUT2D eigenvalue weighted by Crippen LogP contribution is 2.19. The number of nitrogens with one attached hydrogen (secondary N) is 1. The molecule has 0 radical (unpaired) electrons. The second-order valence-electron chi connectivity index (χ2n) is 3.52. The number of nitro groups is 1. The average molecular weight is 310 g/mol. The lowest BCUT2D eigenvalue weighted by Gasteiger charge is -2.14. The van der Waals surface area contributed by atoms with E-state index >= 15 is 0 Å². The Morgan fingerprint density at radius 1 is 1.35 bits per heavy atom. The summed E-state index contributed by atoms with van der Waals surface area (Å²) in [6, 6.07) is 4.02. The summed E-state index contributed by atoms with van der Waals surface area (Å²) < 4.78 is 50.1. The zero-order chi connectivity index (χ0) is 15.6. The molecule has 1 aromatic rings. The van der Waals surface area contributed by atoms with Crippen molar-refractivity contribution in [3.8, 4) is 0 Å². The Morgan fingerprint density at radius 3 is 2.20 bits per heavy atom. The van der Waals surface area contributed by atoms with Crippen LogP contribution in [0.3, 0.4) is 0 Å². The number of halogens is 3. The molecule has 0 aliphatic rings. The Kier molecular flexibility index (Phi) is 4.38. The van der Waals surface area contributed by atoms with Crippen molar-refractivity contribution < 1.29 is 27.1 Å². The van der Waals surface area contributed by atoms with Gasteiger partial charge >= 0.3 is 12.1 Å². The van der Waals surface area contributed by atoms with Gasteiger partial charge in [0.05, 0.1) is 19.5 Å². The van der Waals surface area contributed by atoms with Crippen molar-refractivity contribution in [3.05, 3.63) is 34.4 Å². The summed E-state index contributed by atoms with van der Waals surface area (Å²) in [5, 5.41) is 11.3. The van der Waals surface area contributed by atoms with Crippen molar-refractivity contribution in [1.29, 1.82) is 0 Å². The van der Waals surface area contributed by atoms with Gasteiger partial charge in [0.1, 0.15) is 0 Å². The van der Waals surface area contributed by atoms with Gasteiger partial charge in [-0.15, -0.1) is 0 Å². The van der Waals surface area contributed by atoms with Crippen molar-refractivity contribution in [3.63, 3.8) is 0 Å². The summed E-state index contributed by atoms with van der Waals surface area (Å²) in [4.78, 5) is 20.4. The van der Waals surface area contributed by atoms with Gasteiger partial charge in [-0.25, -0.2) is 4.21 Å². The number of nitrogens with zero attached hydrogens (tertiary/aromatic N) is 1. The predicted octanol–water partition coefficient (Wildman–Crippen LogP) is 1.65. The van der Waals surface area contributed by atoms with Gasteiger partial charge in [-0.3, -0.25) is 19.6 Å². The highest BCUT2D eigenvalue weighted by atomic mass is 32.2. The lowest BCUT2D eigenvalue weighted by Crippen LogP contribution is -2.41. The zero-order valence-corrected chi connectivity index (χ0v) is 10.8. The van der Waals surface area contributed by atoms with Gasteiger partial charge in [-0.2, -0.15) is 13.2 Å². The van der Waals surface area contributed by atoms with Crippen LogP contribution >= 0.6 is 0 Å². The van der Waals surface area contributed by atoms with Crippen LogP contribution in [0.1, 0.15) is 6.92 Å². The quantitative estimate of drug-likeness (QED) is 0.522. The zero-order valence-electron chi connectivity index (χ0n) is 10.0. The maximum atomic E-state index is 12.2. The second-order valence-corrected chi connectivity index (χ2v) is 5.86. The van der Waals surface area contributed by atoms with E-state index in [-0.39, 0.29) is 10.6 Å². The molecule has 0 aliphatic heterocycles. The summed E-state index contributed by atoms with van der Waals surface area (Å²) >= 11 is 0. The van der Waals surface area contributed by atoms with Crippen LogP contribution in [0.15, 0.2) is 29.2 Å². The third-order valence-corrected chi connectivity index (χ3v) is 4.36. The third-order valence-electron chi connectivity index (χ3n) is 2.23. The fourth-order valence-electron chi connectivity index (χ4n) is 1.22. The van der Waals surface area contributed by atoms with E-state index in [2.05, 4.69) is 0 Å². The van der Waals surface area contributed by atoms with E-state index in [1.807, 2.05) is 0 Å². The molecule has 10 heteroatoms. The van der Waals surface area contributed by atoms with E-state index in [1.165, 1.54) is 11.6 Å². The van der Waals surface area contributed by atoms with Crippen LogP contribution in [0.4, 0.5) is 18.9 Å². The monoisotopic (exact) mass is 310 g/mol. The molecule has 0 aromatic heterocycles. The summed E-state index contributed by atoms with van der Waals surface area (Å²) in [7, 11) is -3.60. The Balaban J connectivity index is 3.16. The molecule has 6 nitrogen and oxygen atoms in total. The minimum atomic E-state index is -5.17. The number of rotatable bonds is 3. The first-order valence-electron chi connectivity index (χ1n) is 5.07. The Labute approximate surface area is 111 Å². The van der Waals surface area contributed by atoms with E-state index < -0.39 is 26.7 Å². The van der Waals surface area contributed by atoms with Crippen LogP contribution in [-0.2, 0) is 14.5 Å². The predicted molar refractivity (Wildman–Crippen MR) is 65.4 cm³/mol. The summed E-state index contributed by atoms with van der Waals surface area (Å²) in [6.07, 6.45) is -5.17. The Hall–Kier alpha value is -2.10. The van der Waals surface area contributed by atoms with Gasteiger partial charge in [0.15, 0.2) is 0 Å². The Bertz CT molecular complexity index is 645. The van der Waals surface area contributed by atoms with Gasteiger partial charge in [0.25, 0.3) is 5.69 Å². The molecule has 1 amide bonds. The average Bonchev–Trinajstić information content (AvgIpc) is 2.37. The van der Waals surface area contributed by atoms with Crippen molar-refractivity contribution >= 4 is 26.7 Å². The third kappa shape index (κ3) is 3.47. The number of hydrogen-bond acceptors (Lipinski definition) is 4. The number of carbonyl (C=O) groups is 1. The van der Waals surface area contributed by atoms with Gasteiger partial charge in [-0.05, 0) is 24.4 Å². The first-order valence-corrected chi connectivity index (χ1v) is 6.69. The van der Waals surface area contributed by atoms with Gasteiger partial charge in [-0.1, -0.05) is 0 Å². The van der Waals surface area contributed by atoms with Crippen LogP contribution in [-0.4, -0.2) is 26.6 Å². The number of carbonyl (C=O) groups excluding carboxylic acids is 1. The van der Waals surface area contributed by atoms with Crippen molar-refractivity contribution in [2.75, 3.05) is 0 Å². The first kappa shape index (κ1) is 16.0. The number of nitro benzene ring substituents is 1. The topological polar surface area (TPSA) is 89.3 Å². The van der Waals surface area contributed by atoms with E-state index in [0.29, 0.717) is 0 Å². The molecule has 20 heavy (non-hydrogen) atoms. The van der Waals surface area contributed by atoms with Crippen molar-refractivity contribution in [2.24, 2.45) is 0 Å². The van der Waals surface area contributed by atoms with Crippen molar-refractivity contribution in [1.82, 2.24) is 4.72 Å². The van der Waals surface area contributed by atoms with Gasteiger partial charge in [0.2, 0.25) is 0 Å². The molecule has 0 saturated heterocycles. The number of non-ortho nitro benzene ring substituents is 1. The van der Waals surface area contributed by atoms with E-state index in [9.17, 15) is 32.3 Å². The molecule has 110 valence electrons. The van der Waals surface area contributed by atoms with E-state index in [1.54, 1.807) is 0 Å². The molecular formula is C10H9F3N2O4S. The highest BCUT2D eigenvalue weighted by molar-refractivity contribution is 8.00. The molecule has 1 atom stereocenters. The molecule has 0 saturated carbocycles. The normalized spacial score (nSPS) is 14.2.